The van der Waals surface area contributed by atoms with Gasteiger partial charge in [-0.3, -0.25) is 14.7 Å². The van der Waals surface area contributed by atoms with Crippen molar-refractivity contribution in [2.75, 3.05) is 46.4 Å². The summed E-state index contributed by atoms with van der Waals surface area (Å²) in [4.78, 5) is 20.6. The molecule has 1 unspecified atom stereocenters. The molecule has 3 rings (SSSR count). The normalized spacial score (nSPS) is 21.0. The van der Waals surface area contributed by atoms with E-state index in [9.17, 15) is 4.79 Å². The largest absolute Gasteiger partial charge is 0.379 e. The Kier molecular flexibility index (Phi) is 7.68. The molecule has 1 aromatic rings. The molecule has 7 nitrogen and oxygen atoms in total. The summed E-state index contributed by atoms with van der Waals surface area (Å²) in [6.45, 7) is 8.77. The Morgan fingerprint density at radius 3 is 2.68 bits per heavy atom. The molecule has 154 valence electrons. The zero-order valence-electron chi connectivity index (χ0n) is 17.1. The van der Waals surface area contributed by atoms with Crippen LogP contribution in [-0.2, 0) is 22.6 Å². The lowest BCUT2D eigenvalue weighted by Crippen LogP contribution is -2.44. The molecule has 1 atom stereocenters. The maximum Gasteiger partial charge on any atom is 0.222 e. The molecular formula is C21H33N5O2. The van der Waals surface area contributed by atoms with E-state index in [1.165, 1.54) is 11.1 Å². The van der Waals surface area contributed by atoms with E-state index in [-0.39, 0.29) is 11.9 Å². The first-order valence-electron chi connectivity index (χ1n) is 10.3. The molecule has 0 aliphatic carbocycles. The molecule has 0 radical (unpaired) electrons. The van der Waals surface area contributed by atoms with Crippen molar-refractivity contribution in [3.05, 3.63) is 35.4 Å². The van der Waals surface area contributed by atoms with Gasteiger partial charge in [-0.05, 0) is 17.5 Å². The highest BCUT2D eigenvalue weighted by molar-refractivity contribution is 5.80. The summed E-state index contributed by atoms with van der Waals surface area (Å²) >= 11 is 0. The van der Waals surface area contributed by atoms with E-state index in [2.05, 4.69) is 44.8 Å². The SMILES string of the molecule is CCC(=O)N1CCC(NC(=NC)NCc2ccccc2CN2CCOCC2)C1. The Morgan fingerprint density at radius 2 is 1.96 bits per heavy atom. The van der Waals surface area contributed by atoms with E-state index in [1.54, 1.807) is 7.05 Å². The summed E-state index contributed by atoms with van der Waals surface area (Å²) in [5, 5.41) is 6.90. The van der Waals surface area contributed by atoms with E-state index >= 15 is 0 Å². The van der Waals surface area contributed by atoms with Gasteiger partial charge in [-0.15, -0.1) is 0 Å². The fourth-order valence-electron chi connectivity index (χ4n) is 3.78. The molecule has 2 aliphatic rings. The van der Waals surface area contributed by atoms with E-state index in [1.807, 2.05) is 11.8 Å². The first kappa shape index (κ1) is 20.6. The zero-order valence-corrected chi connectivity index (χ0v) is 17.1. The zero-order chi connectivity index (χ0) is 19.8. The third-order valence-electron chi connectivity index (χ3n) is 5.47. The number of hydrogen-bond donors (Lipinski definition) is 2. The first-order valence-corrected chi connectivity index (χ1v) is 10.3. The lowest BCUT2D eigenvalue weighted by molar-refractivity contribution is -0.129. The Labute approximate surface area is 168 Å². The molecule has 2 heterocycles. The Balaban J connectivity index is 1.52. The molecule has 2 N–H and O–H groups in total. The van der Waals surface area contributed by atoms with Crippen molar-refractivity contribution < 1.29 is 9.53 Å². The van der Waals surface area contributed by atoms with E-state index in [0.717, 1.165) is 64.9 Å². The van der Waals surface area contributed by atoms with Crippen molar-refractivity contribution in [3.8, 4) is 0 Å². The van der Waals surface area contributed by atoms with Crippen molar-refractivity contribution in [1.29, 1.82) is 0 Å². The summed E-state index contributed by atoms with van der Waals surface area (Å²) in [6, 6.07) is 8.82. The number of carbonyl (C=O) groups excluding carboxylic acids is 1. The molecule has 0 spiro atoms. The number of ether oxygens (including phenoxy) is 1. The van der Waals surface area contributed by atoms with Gasteiger partial charge in [-0.1, -0.05) is 31.2 Å². The Hall–Kier alpha value is -2.12. The van der Waals surface area contributed by atoms with Crippen LogP contribution in [0.25, 0.3) is 0 Å². The topological polar surface area (TPSA) is 69.2 Å². The number of benzene rings is 1. The van der Waals surface area contributed by atoms with Crippen molar-refractivity contribution in [3.63, 3.8) is 0 Å². The van der Waals surface area contributed by atoms with Crippen LogP contribution in [0.1, 0.15) is 30.9 Å². The van der Waals surface area contributed by atoms with Gasteiger partial charge in [-0.2, -0.15) is 0 Å². The van der Waals surface area contributed by atoms with Gasteiger partial charge in [0.1, 0.15) is 0 Å². The maximum absolute atomic E-state index is 11.9. The standard InChI is InChI=1S/C21H33N5O2/c1-3-20(27)26-9-8-19(16-26)24-21(22-2)23-14-17-6-4-5-7-18(17)15-25-10-12-28-13-11-25/h4-7,19H,3,8-16H2,1-2H3,(H2,22,23,24). The minimum absolute atomic E-state index is 0.226. The van der Waals surface area contributed by atoms with Gasteiger partial charge < -0.3 is 20.3 Å². The van der Waals surface area contributed by atoms with Gasteiger partial charge in [0.25, 0.3) is 0 Å². The Morgan fingerprint density at radius 1 is 1.21 bits per heavy atom. The summed E-state index contributed by atoms with van der Waals surface area (Å²) in [5.41, 5.74) is 2.62. The van der Waals surface area contributed by atoms with Crippen LogP contribution in [0.2, 0.25) is 0 Å². The highest BCUT2D eigenvalue weighted by Gasteiger charge is 2.25. The van der Waals surface area contributed by atoms with Gasteiger partial charge in [-0.25, -0.2) is 0 Å². The minimum atomic E-state index is 0.226. The Bertz CT molecular complexity index is 673. The second-order valence-electron chi connectivity index (χ2n) is 7.41. The molecule has 1 aromatic carbocycles. The second-order valence-corrected chi connectivity index (χ2v) is 7.41. The first-order chi connectivity index (χ1) is 13.7. The molecule has 0 aromatic heterocycles. The van der Waals surface area contributed by atoms with E-state index in [4.69, 9.17) is 4.74 Å². The van der Waals surface area contributed by atoms with Gasteiger partial charge >= 0.3 is 0 Å². The predicted molar refractivity (Wildman–Crippen MR) is 111 cm³/mol. The van der Waals surface area contributed by atoms with Crippen LogP contribution in [0, 0.1) is 0 Å². The number of amides is 1. The lowest BCUT2D eigenvalue weighted by atomic mass is 10.1. The van der Waals surface area contributed by atoms with Gasteiger partial charge in [0.05, 0.1) is 13.2 Å². The minimum Gasteiger partial charge on any atom is -0.379 e. The number of nitrogens with zero attached hydrogens (tertiary/aromatic N) is 3. The number of rotatable bonds is 6. The van der Waals surface area contributed by atoms with E-state index in [0.29, 0.717) is 6.42 Å². The molecule has 28 heavy (non-hydrogen) atoms. The maximum atomic E-state index is 11.9. The highest BCUT2D eigenvalue weighted by atomic mass is 16.5. The van der Waals surface area contributed by atoms with Crippen molar-refractivity contribution in [1.82, 2.24) is 20.4 Å². The summed E-state index contributed by atoms with van der Waals surface area (Å²) in [6.07, 6.45) is 1.53. The predicted octanol–water partition coefficient (Wildman–Crippen LogP) is 1.19. The van der Waals surface area contributed by atoms with Crippen LogP contribution >= 0.6 is 0 Å². The average molecular weight is 388 g/mol. The fourth-order valence-corrected chi connectivity index (χ4v) is 3.78. The molecule has 2 aliphatic heterocycles. The third kappa shape index (κ3) is 5.69. The second kappa shape index (κ2) is 10.4. The van der Waals surface area contributed by atoms with Crippen LogP contribution in [-0.4, -0.2) is 74.1 Å². The smallest absolute Gasteiger partial charge is 0.222 e. The number of guanidine groups is 1. The molecule has 0 bridgehead atoms. The van der Waals surface area contributed by atoms with Crippen molar-refractivity contribution in [2.24, 2.45) is 4.99 Å². The molecule has 2 fully saturated rings. The lowest BCUT2D eigenvalue weighted by Gasteiger charge is -2.27. The molecule has 7 heteroatoms. The molecular weight excluding hydrogens is 354 g/mol. The quantitative estimate of drug-likeness (QED) is 0.567. The van der Waals surface area contributed by atoms with Crippen LogP contribution in [0.3, 0.4) is 0 Å². The van der Waals surface area contributed by atoms with Crippen molar-refractivity contribution >= 4 is 11.9 Å². The van der Waals surface area contributed by atoms with E-state index < -0.39 is 0 Å². The number of likely N-dealkylation sites (tertiary alicyclic amines) is 1. The number of aliphatic imine (C=N–C) groups is 1. The fraction of sp³-hybridized carbons (Fsp3) is 0.619. The number of hydrogen-bond acceptors (Lipinski definition) is 4. The van der Waals surface area contributed by atoms with Crippen LogP contribution < -0.4 is 10.6 Å². The van der Waals surface area contributed by atoms with Gasteiger partial charge in [0.15, 0.2) is 5.96 Å². The van der Waals surface area contributed by atoms with Crippen molar-refractivity contribution in [2.45, 2.75) is 38.9 Å². The molecule has 1 amide bonds. The average Bonchev–Trinajstić information content (AvgIpc) is 3.21. The molecule has 2 saturated heterocycles. The van der Waals surface area contributed by atoms with Gasteiger partial charge in [0.2, 0.25) is 5.91 Å². The summed E-state index contributed by atoms with van der Waals surface area (Å²) in [7, 11) is 1.79. The summed E-state index contributed by atoms with van der Waals surface area (Å²) in [5.74, 6) is 1.02. The van der Waals surface area contributed by atoms with Gasteiger partial charge in [0, 0.05) is 58.8 Å². The number of carbonyl (C=O) groups is 1. The van der Waals surface area contributed by atoms with Crippen LogP contribution in [0.4, 0.5) is 0 Å². The van der Waals surface area contributed by atoms with Crippen LogP contribution in [0.15, 0.2) is 29.3 Å². The van der Waals surface area contributed by atoms with Crippen LogP contribution in [0.5, 0.6) is 0 Å². The molecule has 0 saturated carbocycles. The number of morpholine rings is 1. The number of nitrogens with one attached hydrogen (secondary N) is 2. The monoisotopic (exact) mass is 387 g/mol. The highest BCUT2D eigenvalue weighted by Crippen LogP contribution is 2.13. The third-order valence-corrected chi connectivity index (χ3v) is 5.47. The summed E-state index contributed by atoms with van der Waals surface area (Å²) < 4.78 is 5.45.